The lowest BCUT2D eigenvalue weighted by atomic mass is 9.63. The first kappa shape index (κ1) is 15.6. The van der Waals surface area contributed by atoms with E-state index in [9.17, 15) is 5.11 Å². The second kappa shape index (κ2) is 5.26. The molecule has 0 radical (unpaired) electrons. The van der Waals surface area contributed by atoms with E-state index in [1.807, 2.05) is 18.2 Å². The van der Waals surface area contributed by atoms with Crippen LogP contribution in [-0.4, -0.2) is 16.5 Å². The maximum atomic E-state index is 11.1. The second-order valence-electron chi connectivity index (χ2n) is 6.96. The van der Waals surface area contributed by atoms with Gasteiger partial charge in [-0.15, -0.1) is 11.8 Å². The lowest BCUT2D eigenvalue weighted by Gasteiger charge is -2.49. The highest BCUT2D eigenvalue weighted by Crippen LogP contribution is 2.46. The summed E-state index contributed by atoms with van der Waals surface area (Å²) in [4.78, 5) is 1.21. The molecule has 1 nitrogen and oxygen atoms in total. The summed E-state index contributed by atoms with van der Waals surface area (Å²) in [6, 6.07) is 10.3. The molecule has 1 N–H and O–H groups in total. The fourth-order valence-corrected chi connectivity index (χ4v) is 3.85. The maximum Gasteiger partial charge on any atom is 0.0837 e. The van der Waals surface area contributed by atoms with Gasteiger partial charge in [-0.2, -0.15) is 0 Å². The molecule has 102 valence electrons. The fraction of sp³-hybridized carbons (Fsp3) is 0.625. The Morgan fingerprint density at radius 2 is 1.33 bits per heavy atom. The highest BCUT2D eigenvalue weighted by atomic mass is 32.2. The summed E-state index contributed by atoms with van der Waals surface area (Å²) in [6.45, 7) is 12.7. The van der Waals surface area contributed by atoms with Gasteiger partial charge in [0.1, 0.15) is 0 Å². The van der Waals surface area contributed by atoms with Crippen molar-refractivity contribution in [2.24, 2.45) is 10.8 Å². The SMILES string of the molecule is CC(C)(C)C(O)(CSc1ccccc1)C(C)(C)C. The van der Waals surface area contributed by atoms with Crippen molar-refractivity contribution in [3.05, 3.63) is 30.3 Å². The third kappa shape index (κ3) is 3.30. The van der Waals surface area contributed by atoms with Crippen LogP contribution in [0.2, 0.25) is 0 Å². The predicted molar refractivity (Wildman–Crippen MR) is 81.0 cm³/mol. The van der Waals surface area contributed by atoms with Gasteiger partial charge >= 0.3 is 0 Å². The Morgan fingerprint density at radius 3 is 1.72 bits per heavy atom. The molecular formula is C16H26OS. The molecule has 0 spiro atoms. The topological polar surface area (TPSA) is 20.2 Å². The van der Waals surface area contributed by atoms with Crippen LogP contribution in [0.5, 0.6) is 0 Å². The van der Waals surface area contributed by atoms with Crippen molar-refractivity contribution < 1.29 is 5.11 Å². The first-order valence-corrected chi connectivity index (χ1v) is 7.47. The van der Waals surface area contributed by atoms with Crippen LogP contribution >= 0.6 is 11.8 Å². The summed E-state index contributed by atoms with van der Waals surface area (Å²) < 4.78 is 0. The molecular weight excluding hydrogens is 240 g/mol. The molecule has 0 aromatic heterocycles. The first-order valence-electron chi connectivity index (χ1n) is 6.48. The first-order chi connectivity index (χ1) is 8.08. The zero-order valence-electron chi connectivity index (χ0n) is 12.4. The zero-order chi connectivity index (χ0) is 14.0. The van der Waals surface area contributed by atoms with Crippen molar-refractivity contribution in [2.45, 2.75) is 52.0 Å². The third-order valence-corrected chi connectivity index (χ3v) is 4.84. The molecule has 0 saturated carbocycles. The molecule has 0 aliphatic heterocycles. The van der Waals surface area contributed by atoms with E-state index >= 15 is 0 Å². The molecule has 0 fully saturated rings. The number of aliphatic hydroxyl groups is 1. The second-order valence-corrected chi connectivity index (χ2v) is 8.01. The van der Waals surface area contributed by atoms with Gasteiger partial charge in [0.15, 0.2) is 0 Å². The Kier molecular flexibility index (Phi) is 4.56. The van der Waals surface area contributed by atoms with Crippen LogP contribution in [0, 0.1) is 10.8 Å². The van der Waals surface area contributed by atoms with E-state index in [1.165, 1.54) is 4.90 Å². The van der Waals surface area contributed by atoms with Gasteiger partial charge in [-0.1, -0.05) is 59.7 Å². The molecule has 1 aromatic rings. The molecule has 0 saturated heterocycles. The van der Waals surface area contributed by atoms with E-state index in [1.54, 1.807) is 11.8 Å². The Morgan fingerprint density at radius 1 is 0.889 bits per heavy atom. The fourth-order valence-electron chi connectivity index (χ4n) is 2.26. The van der Waals surface area contributed by atoms with Crippen LogP contribution < -0.4 is 0 Å². The van der Waals surface area contributed by atoms with E-state index in [4.69, 9.17) is 0 Å². The van der Waals surface area contributed by atoms with Crippen LogP contribution in [0.15, 0.2) is 35.2 Å². The van der Waals surface area contributed by atoms with Crippen LogP contribution in [0.25, 0.3) is 0 Å². The number of benzene rings is 1. The highest BCUT2D eigenvalue weighted by Gasteiger charge is 2.48. The van der Waals surface area contributed by atoms with Crippen molar-refractivity contribution in [2.75, 3.05) is 5.75 Å². The zero-order valence-corrected chi connectivity index (χ0v) is 13.3. The molecule has 1 rings (SSSR count). The van der Waals surface area contributed by atoms with E-state index in [2.05, 4.69) is 53.7 Å². The van der Waals surface area contributed by atoms with Gasteiger partial charge in [-0.3, -0.25) is 0 Å². The standard InChI is InChI=1S/C16H26OS/c1-14(2,3)16(17,15(4,5)6)12-18-13-10-8-7-9-11-13/h7-11,17H,12H2,1-6H3. The predicted octanol–water partition coefficient (Wildman–Crippen LogP) is 4.60. The lowest BCUT2D eigenvalue weighted by molar-refractivity contribution is -0.117. The van der Waals surface area contributed by atoms with E-state index in [0.717, 1.165) is 0 Å². The number of thioether (sulfide) groups is 1. The molecule has 0 bridgehead atoms. The number of hydrogen-bond acceptors (Lipinski definition) is 2. The van der Waals surface area contributed by atoms with Crippen molar-refractivity contribution in [1.82, 2.24) is 0 Å². The summed E-state index contributed by atoms with van der Waals surface area (Å²) in [6.07, 6.45) is 0. The van der Waals surface area contributed by atoms with E-state index < -0.39 is 5.60 Å². The summed E-state index contributed by atoms with van der Waals surface area (Å²) in [7, 11) is 0. The van der Waals surface area contributed by atoms with E-state index in [0.29, 0.717) is 5.75 Å². The van der Waals surface area contributed by atoms with Gasteiger partial charge in [0.25, 0.3) is 0 Å². The van der Waals surface area contributed by atoms with Gasteiger partial charge in [0.05, 0.1) is 5.60 Å². The monoisotopic (exact) mass is 266 g/mol. The van der Waals surface area contributed by atoms with Crippen LogP contribution in [0.1, 0.15) is 41.5 Å². The third-order valence-electron chi connectivity index (χ3n) is 3.67. The molecule has 0 amide bonds. The minimum Gasteiger partial charge on any atom is -0.388 e. The average molecular weight is 266 g/mol. The van der Waals surface area contributed by atoms with Gasteiger partial charge in [0.2, 0.25) is 0 Å². The molecule has 0 aliphatic carbocycles. The summed E-state index contributed by atoms with van der Waals surface area (Å²) in [5.74, 6) is 0.712. The van der Waals surface area contributed by atoms with Gasteiger partial charge < -0.3 is 5.11 Å². The van der Waals surface area contributed by atoms with Gasteiger partial charge in [0, 0.05) is 10.6 Å². The molecule has 2 heteroatoms. The lowest BCUT2D eigenvalue weighted by Crippen LogP contribution is -2.55. The molecule has 1 aromatic carbocycles. The Balaban J connectivity index is 2.89. The largest absolute Gasteiger partial charge is 0.388 e. The van der Waals surface area contributed by atoms with Gasteiger partial charge in [-0.25, -0.2) is 0 Å². The summed E-state index contributed by atoms with van der Waals surface area (Å²) >= 11 is 1.73. The van der Waals surface area contributed by atoms with Gasteiger partial charge in [-0.05, 0) is 23.0 Å². The minimum absolute atomic E-state index is 0.146. The van der Waals surface area contributed by atoms with Crippen LogP contribution in [-0.2, 0) is 0 Å². The van der Waals surface area contributed by atoms with Crippen LogP contribution in [0.3, 0.4) is 0 Å². The normalized spacial score (nSPS) is 13.7. The number of rotatable bonds is 3. The highest BCUT2D eigenvalue weighted by molar-refractivity contribution is 7.99. The Labute approximate surface area is 116 Å². The van der Waals surface area contributed by atoms with Crippen LogP contribution in [0.4, 0.5) is 0 Å². The van der Waals surface area contributed by atoms with Crippen molar-refractivity contribution in [1.29, 1.82) is 0 Å². The average Bonchev–Trinajstić information content (AvgIpc) is 2.24. The maximum absolute atomic E-state index is 11.1. The minimum atomic E-state index is -0.708. The summed E-state index contributed by atoms with van der Waals surface area (Å²) in [5, 5.41) is 11.1. The molecule has 0 aliphatic rings. The molecule has 0 atom stereocenters. The number of hydrogen-bond donors (Lipinski definition) is 1. The Hall–Kier alpha value is -0.470. The van der Waals surface area contributed by atoms with E-state index in [-0.39, 0.29) is 10.8 Å². The summed E-state index contributed by atoms with van der Waals surface area (Å²) in [5.41, 5.74) is -0.999. The quantitative estimate of drug-likeness (QED) is 0.807. The smallest absolute Gasteiger partial charge is 0.0837 e. The molecule has 0 heterocycles. The van der Waals surface area contributed by atoms with Crippen molar-refractivity contribution >= 4 is 11.8 Å². The molecule has 18 heavy (non-hydrogen) atoms. The Bertz CT molecular complexity index is 356. The van der Waals surface area contributed by atoms with Crippen molar-refractivity contribution in [3.8, 4) is 0 Å². The molecule has 0 unspecified atom stereocenters. The van der Waals surface area contributed by atoms with Crippen molar-refractivity contribution in [3.63, 3.8) is 0 Å².